The van der Waals surface area contributed by atoms with Crippen LogP contribution in [0.3, 0.4) is 0 Å². The number of ketones is 1. The number of hydrogen-bond acceptors (Lipinski definition) is 2. The first-order valence-electron chi connectivity index (χ1n) is 5.29. The summed E-state index contributed by atoms with van der Waals surface area (Å²) in [5, 5.41) is 4.20. The van der Waals surface area contributed by atoms with Crippen molar-refractivity contribution in [1.82, 2.24) is 9.78 Å². The molecule has 1 aliphatic carbocycles. The van der Waals surface area contributed by atoms with Crippen LogP contribution in [0, 0.1) is 5.92 Å². The first-order valence-corrected chi connectivity index (χ1v) is 5.29. The highest BCUT2D eigenvalue weighted by molar-refractivity contribution is 5.93. The average Bonchev–Trinajstić information content (AvgIpc) is 2.75. The summed E-state index contributed by atoms with van der Waals surface area (Å²) in [6, 6.07) is 0. The van der Waals surface area contributed by atoms with Crippen molar-refractivity contribution in [2.45, 2.75) is 39.2 Å². The maximum Gasteiger partial charge on any atom is 0.162 e. The number of hydrogen-bond donors (Lipinski definition) is 0. The van der Waals surface area contributed by atoms with Crippen LogP contribution in [0.2, 0.25) is 0 Å². The SMILES string of the molecule is CC(=O)c1cnn(CC2CCCC2)c1. The quantitative estimate of drug-likeness (QED) is 0.688. The molecule has 0 amide bonds. The van der Waals surface area contributed by atoms with Gasteiger partial charge in [-0.25, -0.2) is 0 Å². The molecule has 0 spiro atoms. The second-order valence-electron chi connectivity index (χ2n) is 4.16. The zero-order valence-electron chi connectivity index (χ0n) is 8.57. The Morgan fingerprint density at radius 3 is 2.86 bits per heavy atom. The molecule has 0 bridgehead atoms. The minimum absolute atomic E-state index is 0.0997. The van der Waals surface area contributed by atoms with Gasteiger partial charge in [-0.15, -0.1) is 0 Å². The molecular formula is C11H16N2O. The second-order valence-corrected chi connectivity index (χ2v) is 4.16. The van der Waals surface area contributed by atoms with Gasteiger partial charge in [0.1, 0.15) is 0 Å². The number of Topliss-reactive ketones (excluding diaryl/α,β-unsaturated/α-hetero) is 1. The summed E-state index contributed by atoms with van der Waals surface area (Å²) in [5.74, 6) is 0.873. The minimum atomic E-state index is 0.0997. The Hall–Kier alpha value is -1.12. The topological polar surface area (TPSA) is 34.9 Å². The highest BCUT2D eigenvalue weighted by Crippen LogP contribution is 2.25. The first-order chi connectivity index (χ1) is 6.75. The Kier molecular flexibility index (Phi) is 2.66. The number of carbonyl (C=O) groups excluding carboxylic acids is 1. The third-order valence-electron chi connectivity index (χ3n) is 2.96. The molecule has 14 heavy (non-hydrogen) atoms. The maximum absolute atomic E-state index is 11.0. The molecule has 1 aliphatic rings. The Balaban J connectivity index is 1.98. The molecular weight excluding hydrogens is 176 g/mol. The van der Waals surface area contributed by atoms with Gasteiger partial charge in [0.2, 0.25) is 0 Å². The van der Waals surface area contributed by atoms with Crippen LogP contribution >= 0.6 is 0 Å². The van der Waals surface area contributed by atoms with Crippen molar-refractivity contribution < 1.29 is 4.79 Å². The smallest absolute Gasteiger partial charge is 0.162 e. The normalized spacial score (nSPS) is 17.5. The van der Waals surface area contributed by atoms with Crippen LogP contribution in [0.1, 0.15) is 43.0 Å². The van der Waals surface area contributed by atoms with Crippen molar-refractivity contribution in [3.05, 3.63) is 18.0 Å². The molecule has 0 aromatic carbocycles. The summed E-state index contributed by atoms with van der Waals surface area (Å²) >= 11 is 0. The molecule has 1 heterocycles. The Bertz CT molecular complexity index is 324. The lowest BCUT2D eigenvalue weighted by atomic mass is 10.1. The van der Waals surface area contributed by atoms with E-state index in [-0.39, 0.29) is 5.78 Å². The second kappa shape index (κ2) is 3.95. The van der Waals surface area contributed by atoms with Gasteiger partial charge in [0.25, 0.3) is 0 Å². The van der Waals surface area contributed by atoms with E-state index in [4.69, 9.17) is 0 Å². The van der Waals surface area contributed by atoms with E-state index >= 15 is 0 Å². The van der Waals surface area contributed by atoms with Gasteiger partial charge < -0.3 is 0 Å². The van der Waals surface area contributed by atoms with E-state index in [0.29, 0.717) is 0 Å². The average molecular weight is 192 g/mol. The molecule has 76 valence electrons. The Labute approximate surface area is 84.1 Å². The number of carbonyl (C=O) groups is 1. The van der Waals surface area contributed by atoms with Gasteiger partial charge in [-0.05, 0) is 25.7 Å². The third kappa shape index (κ3) is 2.03. The fraction of sp³-hybridized carbons (Fsp3) is 0.636. The van der Waals surface area contributed by atoms with Crippen LogP contribution in [0.15, 0.2) is 12.4 Å². The molecule has 0 atom stereocenters. The number of aromatic nitrogens is 2. The molecule has 2 rings (SSSR count). The van der Waals surface area contributed by atoms with Crippen LogP contribution < -0.4 is 0 Å². The van der Waals surface area contributed by atoms with Crippen LogP contribution in [-0.4, -0.2) is 15.6 Å². The zero-order valence-corrected chi connectivity index (χ0v) is 8.57. The summed E-state index contributed by atoms with van der Waals surface area (Å²) in [6.45, 7) is 2.56. The lowest BCUT2D eigenvalue weighted by molar-refractivity contribution is 0.101. The summed E-state index contributed by atoms with van der Waals surface area (Å²) in [4.78, 5) is 11.0. The molecule has 1 saturated carbocycles. The van der Waals surface area contributed by atoms with Gasteiger partial charge in [0.15, 0.2) is 5.78 Å². The van der Waals surface area contributed by atoms with Crippen molar-refractivity contribution >= 4 is 5.78 Å². The van der Waals surface area contributed by atoms with Crippen LogP contribution in [-0.2, 0) is 6.54 Å². The summed E-state index contributed by atoms with van der Waals surface area (Å²) in [5.41, 5.74) is 0.725. The fourth-order valence-electron chi connectivity index (χ4n) is 2.10. The lowest BCUT2D eigenvalue weighted by Gasteiger charge is -2.07. The van der Waals surface area contributed by atoms with E-state index < -0.39 is 0 Å². The molecule has 0 radical (unpaired) electrons. The van der Waals surface area contributed by atoms with Gasteiger partial charge >= 0.3 is 0 Å². The van der Waals surface area contributed by atoms with Crippen molar-refractivity contribution in [2.75, 3.05) is 0 Å². The monoisotopic (exact) mass is 192 g/mol. The predicted molar refractivity (Wildman–Crippen MR) is 54.2 cm³/mol. The van der Waals surface area contributed by atoms with Crippen molar-refractivity contribution in [1.29, 1.82) is 0 Å². The number of rotatable bonds is 3. The maximum atomic E-state index is 11.0. The Morgan fingerprint density at radius 2 is 2.29 bits per heavy atom. The third-order valence-corrected chi connectivity index (χ3v) is 2.96. The van der Waals surface area contributed by atoms with E-state index in [1.807, 2.05) is 10.9 Å². The zero-order chi connectivity index (χ0) is 9.97. The van der Waals surface area contributed by atoms with Crippen molar-refractivity contribution in [2.24, 2.45) is 5.92 Å². The van der Waals surface area contributed by atoms with Gasteiger partial charge in [-0.1, -0.05) is 12.8 Å². The summed E-state index contributed by atoms with van der Waals surface area (Å²) in [6.07, 6.45) is 8.86. The van der Waals surface area contributed by atoms with Crippen LogP contribution in [0.4, 0.5) is 0 Å². The molecule has 0 unspecified atom stereocenters. The molecule has 0 aliphatic heterocycles. The van der Waals surface area contributed by atoms with Gasteiger partial charge in [0.05, 0.1) is 11.8 Å². The van der Waals surface area contributed by atoms with E-state index in [9.17, 15) is 4.79 Å². The molecule has 0 N–H and O–H groups in total. The summed E-state index contributed by atoms with van der Waals surface area (Å²) < 4.78 is 1.91. The van der Waals surface area contributed by atoms with Gasteiger partial charge in [-0.3, -0.25) is 9.48 Å². The molecule has 1 aromatic heterocycles. The highest BCUT2D eigenvalue weighted by atomic mass is 16.1. The van der Waals surface area contributed by atoms with Crippen molar-refractivity contribution in [3.8, 4) is 0 Å². The van der Waals surface area contributed by atoms with E-state index in [1.165, 1.54) is 25.7 Å². The van der Waals surface area contributed by atoms with Crippen LogP contribution in [0.25, 0.3) is 0 Å². The minimum Gasteiger partial charge on any atom is -0.294 e. The molecule has 3 heteroatoms. The first kappa shape index (κ1) is 9.44. The van der Waals surface area contributed by atoms with Crippen LogP contribution in [0.5, 0.6) is 0 Å². The summed E-state index contributed by atoms with van der Waals surface area (Å²) in [7, 11) is 0. The number of nitrogens with zero attached hydrogens (tertiary/aromatic N) is 2. The van der Waals surface area contributed by atoms with E-state index in [1.54, 1.807) is 13.1 Å². The highest BCUT2D eigenvalue weighted by Gasteiger charge is 2.16. The fourth-order valence-corrected chi connectivity index (χ4v) is 2.10. The van der Waals surface area contributed by atoms with E-state index in [0.717, 1.165) is 18.0 Å². The van der Waals surface area contributed by atoms with Gasteiger partial charge in [0, 0.05) is 12.7 Å². The van der Waals surface area contributed by atoms with E-state index in [2.05, 4.69) is 5.10 Å². The molecule has 0 saturated heterocycles. The van der Waals surface area contributed by atoms with Crippen molar-refractivity contribution in [3.63, 3.8) is 0 Å². The standard InChI is InChI=1S/C11H16N2O/c1-9(14)11-6-12-13(8-11)7-10-4-2-3-5-10/h6,8,10H,2-5,7H2,1H3. The Morgan fingerprint density at radius 1 is 1.57 bits per heavy atom. The van der Waals surface area contributed by atoms with Gasteiger partial charge in [-0.2, -0.15) is 5.10 Å². The molecule has 1 fully saturated rings. The predicted octanol–water partition coefficient (Wildman–Crippen LogP) is 2.28. The molecule has 1 aromatic rings. The lowest BCUT2D eigenvalue weighted by Crippen LogP contribution is -2.07. The largest absolute Gasteiger partial charge is 0.294 e. The molecule has 3 nitrogen and oxygen atoms in total.